The minimum atomic E-state index is -0.978. The summed E-state index contributed by atoms with van der Waals surface area (Å²) >= 11 is 3.76. The number of methoxy groups -OCH3 is 1. The molecule has 0 radical (unpaired) electrons. The molecule has 6 nitrogen and oxygen atoms in total. The van der Waals surface area contributed by atoms with E-state index in [4.69, 9.17) is 9.84 Å². The minimum absolute atomic E-state index is 0.00288. The maximum absolute atomic E-state index is 11.9. The minimum Gasteiger partial charge on any atom is -0.481 e. The number of amides is 1. The third-order valence-electron chi connectivity index (χ3n) is 2.60. The lowest BCUT2D eigenvalue weighted by Gasteiger charge is -2.04. The first-order chi connectivity index (χ1) is 11.0. The molecule has 9 heteroatoms. The van der Waals surface area contributed by atoms with E-state index in [2.05, 4.69) is 5.32 Å². The lowest BCUT2D eigenvalue weighted by Crippen LogP contribution is -2.16. The van der Waals surface area contributed by atoms with Crippen LogP contribution in [0.3, 0.4) is 0 Å². The van der Waals surface area contributed by atoms with E-state index in [-0.39, 0.29) is 17.4 Å². The summed E-state index contributed by atoms with van der Waals surface area (Å²) in [6, 6.07) is 5.55. The van der Waals surface area contributed by atoms with Crippen LogP contribution >= 0.6 is 34.4 Å². The van der Waals surface area contributed by atoms with Gasteiger partial charge in [0.2, 0.25) is 5.91 Å². The quantitative estimate of drug-likeness (QED) is 0.727. The van der Waals surface area contributed by atoms with Crippen molar-refractivity contribution in [3.63, 3.8) is 0 Å². The van der Waals surface area contributed by atoms with Crippen molar-refractivity contribution in [3.05, 3.63) is 28.5 Å². The van der Waals surface area contributed by atoms with Crippen LogP contribution in [0.2, 0.25) is 0 Å². The summed E-state index contributed by atoms with van der Waals surface area (Å²) < 4.78 is 4.74. The molecule has 0 atom stereocenters. The van der Waals surface area contributed by atoms with Crippen molar-refractivity contribution < 1.29 is 24.2 Å². The summed E-state index contributed by atoms with van der Waals surface area (Å²) in [4.78, 5) is 36.3. The maximum atomic E-state index is 11.9. The second-order valence-corrected chi connectivity index (χ2v) is 7.24. The molecule has 0 aliphatic heterocycles. The van der Waals surface area contributed by atoms with Crippen molar-refractivity contribution in [2.75, 3.05) is 23.9 Å². The molecule has 0 fully saturated rings. The van der Waals surface area contributed by atoms with Crippen LogP contribution in [-0.2, 0) is 14.3 Å². The topological polar surface area (TPSA) is 92.7 Å². The van der Waals surface area contributed by atoms with Crippen molar-refractivity contribution >= 4 is 58.0 Å². The fraction of sp³-hybridized carbons (Fsp3) is 0.214. The van der Waals surface area contributed by atoms with Crippen LogP contribution in [0.5, 0.6) is 0 Å². The van der Waals surface area contributed by atoms with E-state index in [1.54, 1.807) is 6.07 Å². The molecule has 1 amide bonds. The summed E-state index contributed by atoms with van der Waals surface area (Å²) in [5, 5.41) is 13.1. The highest BCUT2D eigenvalue weighted by atomic mass is 32.2. The van der Waals surface area contributed by atoms with Gasteiger partial charge >= 0.3 is 11.9 Å². The van der Waals surface area contributed by atoms with Gasteiger partial charge in [0.05, 0.1) is 24.3 Å². The molecule has 0 spiro atoms. The van der Waals surface area contributed by atoms with Crippen LogP contribution in [0.25, 0.3) is 9.75 Å². The van der Waals surface area contributed by atoms with Crippen LogP contribution in [0.4, 0.5) is 5.69 Å². The van der Waals surface area contributed by atoms with Gasteiger partial charge in [0, 0.05) is 9.75 Å². The Kier molecular flexibility index (Phi) is 6.20. The van der Waals surface area contributed by atoms with Gasteiger partial charge in [0.25, 0.3) is 0 Å². The van der Waals surface area contributed by atoms with Crippen LogP contribution < -0.4 is 5.32 Å². The number of carboxylic acid groups (broad SMARTS) is 1. The molecule has 0 aliphatic rings. The number of carbonyl (C=O) groups excluding carboxylic acids is 2. The van der Waals surface area contributed by atoms with Crippen LogP contribution in [0.15, 0.2) is 23.6 Å². The molecule has 0 aromatic carbocycles. The van der Waals surface area contributed by atoms with Crippen LogP contribution in [0, 0.1) is 0 Å². The highest BCUT2D eigenvalue weighted by molar-refractivity contribution is 8.00. The Bertz CT molecular complexity index is 708. The number of thiophene rings is 2. The number of nitrogens with one attached hydrogen (secondary N) is 1. The lowest BCUT2D eigenvalue weighted by molar-refractivity contribution is -0.133. The van der Waals surface area contributed by atoms with E-state index in [0.717, 1.165) is 21.5 Å². The molecule has 23 heavy (non-hydrogen) atoms. The molecular formula is C14H13NO5S3. The fourth-order valence-corrected chi connectivity index (χ4v) is 4.08. The summed E-state index contributed by atoms with van der Waals surface area (Å²) in [6.45, 7) is 0. The zero-order valence-electron chi connectivity index (χ0n) is 12.0. The Hall–Kier alpha value is -1.84. The number of ether oxygens (including phenoxy) is 1. The van der Waals surface area contributed by atoms with Crippen LogP contribution in [-0.4, -0.2) is 41.6 Å². The summed E-state index contributed by atoms with van der Waals surface area (Å²) in [5.74, 6) is -2.02. The van der Waals surface area contributed by atoms with Gasteiger partial charge in [0.15, 0.2) is 0 Å². The Morgan fingerprint density at radius 3 is 2.70 bits per heavy atom. The monoisotopic (exact) mass is 371 g/mol. The number of anilines is 1. The van der Waals surface area contributed by atoms with E-state index >= 15 is 0 Å². The fourth-order valence-electron chi connectivity index (χ4n) is 1.69. The standard InChI is InChI=1S/C14H13NO5S3/c1-20-14(19)13-8(15-11(16)6-21-7-12(17)18)5-10(23-13)9-3-2-4-22-9/h2-5H,6-7H2,1H3,(H,15,16)(H,17,18). The second-order valence-electron chi connectivity index (χ2n) is 4.26. The average Bonchev–Trinajstić information content (AvgIpc) is 3.15. The summed E-state index contributed by atoms with van der Waals surface area (Å²) in [7, 11) is 1.28. The molecule has 0 saturated carbocycles. The summed E-state index contributed by atoms with van der Waals surface area (Å²) in [6.07, 6.45) is 0. The predicted molar refractivity (Wildman–Crippen MR) is 92.6 cm³/mol. The molecule has 2 rings (SSSR count). The van der Waals surface area contributed by atoms with Gasteiger partial charge in [-0.3, -0.25) is 9.59 Å². The zero-order chi connectivity index (χ0) is 16.8. The largest absolute Gasteiger partial charge is 0.481 e. The van der Waals surface area contributed by atoms with Gasteiger partial charge in [-0.1, -0.05) is 6.07 Å². The van der Waals surface area contributed by atoms with E-state index in [1.807, 2.05) is 17.5 Å². The SMILES string of the molecule is COC(=O)c1sc(-c2cccs2)cc1NC(=O)CSCC(=O)O. The first-order valence-electron chi connectivity index (χ1n) is 6.36. The Morgan fingerprint density at radius 2 is 2.09 bits per heavy atom. The number of carboxylic acids is 1. The predicted octanol–water partition coefficient (Wildman–Crippen LogP) is 3.02. The van der Waals surface area contributed by atoms with E-state index in [1.165, 1.54) is 29.8 Å². The summed E-state index contributed by atoms with van der Waals surface area (Å²) in [5.41, 5.74) is 0.381. The average molecular weight is 371 g/mol. The third-order valence-corrected chi connectivity index (χ3v) is 5.70. The van der Waals surface area contributed by atoms with Gasteiger partial charge in [-0.25, -0.2) is 4.79 Å². The normalized spacial score (nSPS) is 10.3. The number of aliphatic carboxylic acids is 1. The second kappa shape index (κ2) is 8.14. The molecule has 2 aromatic heterocycles. The molecular weight excluding hydrogens is 358 g/mol. The number of thioether (sulfide) groups is 1. The highest BCUT2D eigenvalue weighted by Crippen LogP contribution is 2.37. The van der Waals surface area contributed by atoms with E-state index in [9.17, 15) is 14.4 Å². The van der Waals surface area contributed by atoms with Gasteiger partial charge in [0.1, 0.15) is 4.88 Å². The van der Waals surface area contributed by atoms with E-state index in [0.29, 0.717) is 10.6 Å². The molecule has 122 valence electrons. The molecule has 2 aromatic rings. The Balaban J connectivity index is 2.14. The molecule has 0 aliphatic carbocycles. The number of rotatable bonds is 7. The van der Waals surface area contributed by atoms with Crippen molar-refractivity contribution in [2.24, 2.45) is 0 Å². The maximum Gasteiger partial charge on any atom is 0.350 e. The smallest absolute Gasteiger partial charge is 0.350 e. The van der Waals surface area contributed by atoms with E-state index < -0.39 is 11.9 Å². The van der Waals surface area contributed by atoms with Crippen molar-refractivity contribution in [1.29, 1.82) is 0 Å². The molecule has 0 bridgehead atoms. The Morgan fingerprint density at radius 1 is 1.30 bits per heavy atom. The van der Waals surface area contributed by atoms with Gasteiger partial charge < -0.3 is 15.2 Å². The number of carbonyl (C=O) groups is 3. The molecule has 0 saturated heterocycles. The first kappa shape index (κ1) is 17.5. The Labute approximate surface area is 144 Å². The van der Waals surface area contributed by atoms with Crippen molar-refractivity contribution in [1.82, 2.24) is 0 Å². The number of esters is 1. The van der Waals surface area contributed by atoms with Gasteiger partial charge in [-0.05, 0) is 17.5 Å². The number of hydrogen-bond acceptors (Lipinski definition) is 7. The molecule has 2 N–H and O–H groups in total. The van der Waals surface area contributed by atoms with Gasteiger partial charge in [-0.15, -0.1) is 34.4 Å². The van der Waals surface area contributed by atoms with Gasteiger partial charge in [-0.2, -0.15) is 0 Å². The van der Waals surface area contributed by atoms with Crippen molar-refractivity contribution in [2.45, 2.75) is 0 Å². The third kappa shape index (κ3) is 4.81. The highest BCUT2D eigenvalue weighted by Gasteiger charge is 2.19. The zero-order valence-corrected chi connectivity index (χ0v) is 14.5. The lowest BCUT2D eigenvalue weighted by atomic mass is 10.3. The molecule has 2 heterocycles. The van der Waals surface area contributed by atoms with Crippen molar-refractivity contribution in [3.8, 4) is 9.75 Å². The van der Waals surface area contributed by atoms with Crippen LogP contribution in [0.1, 0.15) is 9.67 Å². The first-order valence-corrected chi connectivity index (χ1v) is 9.21. The molecule has 0 unspecified atom stereocenters. The number of hydrogen-bond donors (Lipinski definition) is 2.